The van der Waals surface area contributed by atoms with Gasteiger partial charge in [0.25, 0.3) is 0 Å². The highest BCUT2D eigenvalue weighted by molar-refractivity contribution is 5.84. The van der Waals surface area contributed by atoms with Crippen molar-refractivity contribution >= 4 is 11.8 Å². The first-order chi connectivity index (χ1) is 12.1. The molecule has 1 aliphatic heterocycles. The number of nitrogens with zero attached hydrogens (tertiary/aromatic N) is 4. The summed E-state index contributed by atoms with van der Waals surface area (Å²) in [5, 5.41) is 3.98. The molecule has 0 atom stereocenters. The number of hydrogen-bond donors (Lipinski definition) is 0. The molecule has 138 valence electrons. The van der Waals surface area contributed by atoms with E-state index >= 15 is 0 Å². The summed E-state index contributed by atoms with van der Waals surface area (Å²) in [5.41, 5.74) is 0. The average Bonchev–Trinajstić information content (AvgIpc) is 3.33. The molecule has 0 aromatic carbocycles. The highest BCUT2D eigenvalue weighted by atomic mass is 16.5. The van der Waals surface area contributed by atoms with Crippen molar-refractivity contribution < 1.29 is 14.1 Å². The molecule has 2 fully saturated rings. The lowest BCUT2D eigenvalue weighted by atomic mass is 10.1. The Bertz CT molecular complexity index is 597. The predicted molar refractivity (Wildman–Crippen MR) is 91.9 cm³/mol. The molecule has 1 aromatic heterocycles. The van der Waals surface area contributed by atoms with Gasteiger partial charge < -0.3 is 14.3 Å². The van der Waals surface area contributed by atoms with Crippen LogP contribution in [0.4, 0.5) is 0 Å². The van der Waals surface area contributed by atoms with E-state index in [2.05, 4.69) is 10.1 Å². The Hall–Kier alpha value is -1.92. The number of hydrogen-bond acceptors (Lipinski definition) is 5. The van der Waals surface area contributed by atoms with Crippen LogP contribution in [0.2, 0.25) is 0 Å². The summed E-state index contributed by atoms with van der Waals surface area (Å²) in [4.78, 5) is 32.5. The van der Waals surface area contributed by atoms with E-state index in [1.807, 2.05) is 0 Å². The van der Waals surface area contributed by atoms with Crippen molar-refractivity contribution in [1.29, 1.82) is 0 Å². The van der Waals surface area contributed by atoms with Gasteiger partial charge in [0, 0.05) is 38.9 Å². The Morgan fingerprint density at radius 1 is 1.24 bits per heavy atom. The Morgan fingerprint density at radius 2 is 2.00 bits per heavy atom. The molecule has 0 spiro atoms. The van der Waals surface area contributed by atoms with Crippen LogP contribution in [-0.4, -0.2) is 58.4 Å². The second-order valence-corrected chi connectivity index (χ2v) is 7.22. The summed E-state index contributed by atoms with van der Waals surface area (Å²) in [6.07, 6.45) is 8.73. The average molecular weight is 348 g/mol. The molecule has 7 nitrogen and oxygen atoms in total. The molecule has 0 N–H and O–H groups in total. The SMILES string of the molecule is CN(CCc1noc(C2CC2)n1)C(=O)CN1CCCCCCCC1=O. The van der Waals surface area contributed by atoms with Crippen LogP contribution in [0.3, 0.4) is 0 Å². The molecule has 7 heteroatoms. The van der Waals surface area contributed by atoms with Gasteiger partial charge in [0.15, 0.2) is 5.82 Å². The number of likely N-dealkylation sites (N-methyl/N-ethyl adjacent to an activating group) is 1. The Kier molecular flexibility index (Phi) is 6.04. The largest absolute Gasteiger partial charge is 0.344 e. The summed E-state index contributed by atoms with van der Waals surface area (Å²) in [6.45, 7) is 1.40. The molecule has 2 amide bonds. The minimum absolute atomic E-state index is 0.0292. The summed E-state index contributed by atoms with van der Waals surface area (Å²) < 4.78 is 5.24. The molecule has 0 unspecified atom stereocenters. The number of carbonyl (C=O) groups is 2. The highest BCUT2D eigenvalue weighted by Crippen LogP contribution is 2.38. The maximum Gasteiger partial charge on any atom is 0.241 e. The zero-order valence-corrected chi connectivity index (χ0v) is 15.1. The first kappa shape index (κ1) is 17.9. The van der Waals surface area contributed by atoms with Crippen LogP contribution in [0.1, 0.15) is 69.0 Å². The van der Waals surface area contributed by atoms with E-state index in [0.717, 1.165) is 44.4 Å². The Balaban J connectivity index is 1.45. The minimum Gasteiger partial charge on any atom is -0.344 e. The van der Waals surface area contributed by atoms with Gasteiger partial charge in [0.1, 0.15) is 0 Å². The molecule has 1 saturated carbocycles. The van der Waals surface area contributed by atoms with E-state index in [1.54, 1.807) is 16.8 Å². The van der Waals surface area contributed by atoms with Crippen LogP contribution in [0.25, 0.3) is 0 Å². The maximum absolute atomic E-state index is 12.5. The van der Waals surface area contributed by atoms with Crippen molar-refractivity contribution in [2.24, 2.45) is 0 Å². The van der Waals surface area contributed by atoms with Crippen LogP contribution in [0.15, 0.2) is 4.52 Å². The predicted octanol–water partition coefficient (Wildman–Crippen LogP) is 2.13. The van der Waals surface area contributed by atoms with Crippen LogP contribution < -0.4 is 0 Å². The van der Waals surface area contributed by atoms with Gasteiger partial charge in [-0.2, -0.15) is 4.98 Å². The lowest BCUT2D eigenvalue weighted by molar-refractivity contribution is -0.139. The zero-order chi connectivity index (χ0) is 17.6. The normalized spacial score (nSPS) is 19.2. The van der Waals surface area contributed by atoms with E-state index in [9.17, 15) is 9.59 Å². The molecule has 0 bridgehead atoms. The van der Waals surface area contributed by atoms with Gasteiger partial charge in [-0.1, -0.05) is 24.4 Å². The molecule has 2 aliphatic rings. The third kappa shape index (κ3) is 5.28. The number of aromatic nitrogens is 2. The van der Waals surface area contributed by atoms with Crippen LogP contribution in [0.5, 0.6) is 0 Å². The minimum atomic E-state index is -0.0292. The van der Waals surface area contributed by atoms with Gasteiger partial charge in [0.2, 0.25) is 17.7 Å². The smallest absolute Gasteiger partial charge is 0.241 e. The lowest BCUT2D eigenvalue weighted by Crippen LogP contribution is -2.42. The van der Waals surface area contributed by atoms with Gasteiger partial charge in [-0.05, 0) is 25.7 Å². The monoisotopic (exact) mass is 348 g/mol. The van der Waals surface area contributed by atoms with Gasteiger partial charge in [0.05, 0.1) is 6.54 Å². The second-order valence-electron chi connectivity index (χ2n) is 7.22. The molecule has 2 heterocycles. The summed E-state index contributed by atoms with van der Waals surface area (Å²) in [7, 11) is 1.77. The summed E-state index contributed by atoms with van der Waals surface area (Å²) in [6, 6.07) is 0. The molecular formula is C18H28N4O3. The van der Waals surface area contributed by atoms with Crippen molar-refractivity contribution in [3.63, 3.8) is 0 Å². The second kappa shape index (κ2) is 8.45. The molecule has 3 rings (SSSR count). The molecular weight excluding hydrogens is 320 g/mol. The molecule has 0 radical (unpaired) electrons. The Labute approximate surface area is 148 Å². The third-order valence-electron chi connectivity index (χ3n) is 5.00. The van der Waals surface area contributed by atoms with Gasteiger partial charge >= 0.3 is 0 Å². The van der Waals surface area contributed by atoms with Crippen molar-refractivity contribution in [1.82, 2.24) is 19.9 Å². The van der Waals surface area contributed by atoms with E-state index in [1.165, 1.54) is 6.42 Å². The maximum atomic E-state index is 12.5. The van der Waals surface area contributed by atoms with E-state index in [-0.39, 0.29) is 18.4 Å². The van der Waals surface area contributed by atoms with Crippen molar-refractivity contribution in [2.45, 2.75) is 63.7 Å². The fourth-order valence-corrected chi connectivity index (χ4v) is 3.10. The third-order valence-corrected chi connectivity index (χ3v) is 5.00. The van der Waals surface area contributed by atoms with Gasteiger partial charge in [-0.15, -0.1) is 0 Å². The number of rotatable bonds is 6. The van der Waals surface area contributed by atoms with Crippen LogP contribution in [-0.2, 0) is 16.0 Å². The molecule has 1 saturated heterocycles. The van der Waals surface area contributed by atoms with E-state index < -0.39 is 0 Å². The summed E-state index contributed by atoms with van der Waals surface area (Å²) >= 11 is 0. The molecule has 1 aromatic rings. The van der Waals surface area contributed by atoms with Crippen molar-refractivity contribution in [3.8, 4) is 0 Å². The van der Waals surface area contributed by atoms with Crippen LogP contribution >= 0.6 is 0 Å². The standard InChI is InChI=1S/C18H28N4O3/c1-21(12-10-15-19-18(25-20-15)14-8-9-14)17(24)13-22-11-6-4-2-3-5-7-16(22)23/h14H,2-13H2,1H3. The summed E-state index contributed by atoms with van der Waals surface area (Å²) in [5.74, 6) is 1.91. The lowest BCUT2D eigenvalue weighted by Gasteiger charge is -2.24. The number of amides is 2. The van der Waals surface area contributed by atoms with E-state index in [0.29, 0.717) is 37.7 Å². The molecule has 1 aliphatic carbocycles. The van der Waals surface area contributed by atoms with Crippen molar-refractivity contribution in [2.75, 3.05) is 26.7 Å². The van der Waals surface area contributed by atoms with E-state index in [4.69, 9.17) is 4.52 Å². The Morgan fingerprint density at radius 3 is 2.80 bits per heavy atom. The van der Waals surface area contributed by atoms with Crippen molar-refractivity contribution in [3.05, 3.63) is 11.7 Å². The van der Waals surface area contributed by atoms with Crippen LogP contribution in [0, 0.1) is 0 Å². The number of carbonyl (C=O) groups excluding carboxylic acids is 2. The quantitative estimate of drug-likeness (QED) is 0.787. The first-order valence-electron chi connectivity index (χ1n) is 9.47. The van der Waals surface area contributed by atoms with Gasteiger partial charge in [-0.25, -0.2) is 0 Å². The molecule has 25 heavy (non-hydrogen) atoms. The zero-order valence-electron chi connectivity index (χ0n) is 15.1. The fraction of sp³-hybridized carbons (Fsp3) is 0.778. The fourth-order valence-electron chi connectivity index (χ4n) is 3.10. The highest BCUT2D eigenvalue weighted by Gasteiger charge is 2.29. The topological polar surface area (TPSA) is 79.5 Å². The first-order valence-corrected chi connectivity index (χ1v) is 9.47. The van der Waals surface area contributed by atoms with Gasteiger partial charge in [-0.3, -0.25) is 9.59 Å².